The molecule has 1 aromatic carbocycles. The van der Waals surface area contributed by atoms with Gasteiger partial charge in [-0.3, -0.25) is 4.90 Å². The van der Waals surface area contributed by atoms with E-state index >= 15 is 0 Å². The van der Waals surface area contributed by atoms with Crippen LogP contribution in [0.2, 0.25) is 5.02 Å². The largest absolute Gasteiger partial charge is 0.494 e. The van der Waals surface area contributed by atoms with Crippen LogP contribution in [0.1, 0.15) is 12.8 Å². The first-order valence-electron chi connectivity index (χ1n) is 11.6. The van der Waals surface area contributed by atoms with Crippen molar-refractivity contribution >= 4 is 40.1 Å². The minimum atomic E-state index is 0.280. The second-order valence-electron chi connectivity index (χ2n) is 9.32. The summed E-state index contributed by atoms with van der Waals surface area (Å²) in [5.74, 6) is 1.06. The fraction of sp³-hybridized carbons (Fsp3) is 0.320. The molecule has 3 aromatic heterocycles. The number of nitrogens with one attached hydrogen (secondary N) is 1. The topological polar surface area (TPSA) is 96.8 Å². The number of likely N-dealkylation sites (N-methyl/N-ethyl adjacent to an activating group) is 1. The van der Waals surface area contributed by atoms with Gasteiger partial charge in [-0.25, -0.2) is 14.5 Å². The molecule has 6 rings (SSSR count). The van der Waals surface area contributed by atoms with Gasteiger partial charge in [-0.2, -0.15) is 5.10 Å². The Balaban J connectivity index is 1.29. The maximum Gasteiger partial charge on any atom is 0.227 e. The van der Waals surface area contributed by atoms with Gasteiger partial charge in [0.25, 0.3) is 0 Å². The summed E-state index contributed by atoms with van der Waals surface area (Å²) in [6, 6.07) is 9.71. The lowest BCUT2D eigenvalue weighted by Crippen LogP contribution is -2.67. The molecule has 0 bridgehead atoms. The number of nitrogen functional groups attached to an aromatic ring is 1. The summed E-state index contributed by atoms with van der Waals surface area (Å²) in [5.41, 5.74) is 11.5. The van der Waals surface area contributed by atoms with Crippen molar-refractivity contribution in [2.24, 2.45) is 0 Å². The summed E-state index contributed by atoms with van der Waals surface area (Å²) in [7, 11) is 3.87. The van der Waals surface area contributed by atoms with E-state index in [1.165, 1.54) is 12.8 Å². The normalized spacial score (nSPS) is 17.2. The predicted molar refractivity (Wildman–Crippen MR) is 139 cm³/mol. The quantitative estimate of drug-likeness (QED) is 0.404. The number of aromatic nitrogens is 4. The van der Waals surface area contributed by atoms with Crippen molar-refractivity contribution < 1.29 is 4.74 Å². The molecule has 4 aromatic rings. The highest BCUT2D eigenvalue weighted by molar-refractivity contribution is 6.33. The summed E-state index contributed by atoms with van der Waals surface area (Å²) in [5, 5.41) is 8.10. The minimum Gasteiger partial charge on any atom is -0.494 e. The van der Waals surface area contributed by atoms with E-state index in [-0.39, 0.29) is 5.54 Å². The Morgan fingerprint density at radius 2 is 2.06 bits per heavy atom. The van der Waals surface area contributed by atoms with Gasteiger partial charge in [0.15, 0.2) is 0 Å². The van der Waals surface area contributed by atoms with Crippen molar-refractivity contribution in [1.29, 1.82) is 0 Å². The van der Waals surface area contributed by atoms with E-state index in [1.54, 1.807) is 24.0 Å². The highest BCUT2D eigenvalue weighted by atomic mass is 35.5. The van der Waals surface area contributed by atoms with Crippen molar-refractivity contribution in [3.63, 3.8) is 0 Å². The predicted octanol–water partition coefficient (Wildman–Crippen LogP) is 4.06. The Morgan fingerprint density at radius 1 is 1.20 bits per heavy atom. The van der Waals surface area contributed by atoms with Gasteiger partial charge in [-0.15, -0.1) is 0 Å². The van der Waals surface area contributed by atoms with Gasteiger partial charge < -0.3 is 20.7 Å². The lowest BCUT2D eigenvalue weighted by atomic mass is 9.86. The summed E-state index contributed by atoms with van der Waals surface area (Å²) < 4.78 is 7.49. The van der Waals surface area contributed by atoms with E-state index in [0.29, 0.717) is 33.8 Å². The summed E-state index contributed by atoms with van der Waals surface area (Å²) in [4.78, 5) is 13.9. The fourth-order valence-corrected chi connectivity index (χ4v) is 5.48. The molecule has 9 nitrogen and oxygen atoms in total. The van der Waals surface area contributed by atoms with E-state index < -0.39 is 0 Å². The summed E-state index contributed by atoms with van der Waals surface area (Å²) >= 11 is 6.47. The van der Waals surface area contributed by atoms with E-state index in [0.717, 1.165) is 36.4 Å². The van der Waals surface area contributed by atoms with Crippen molar-refractivity contribution in [1.82, 2.24) is 24.5 Å². The number of pyridine rings is 1. The van der Waals surface area contributed by atoms with Crippen molar-refractivity contribution in [3.05, 3.63) is 53.9 Å². The average molecular weight is 491 g/mol. The van der Waals surface area contributed by atoms with Crippen LogP contribution in [0.25, 0.3) is 16.8 Å². The minimum absolute atomic E-state index is 0.280. The number of nitrogens with zero attached hydrogens (tertiary/aromatic N) is 6. The molecule has 2 aliphatic heterocycles. The van der Waals surface area contributed by atoms with Gasteiger partial charge in [-0.1, -0.05) is 17.7 Å². The number of rotatable bonds is 5. The first-order valence-corrected chi connectivity index (χ1v) is 12.0. The number of fused-ring (bicyclic) bond motifs is 1. The Kier molecular flexibility index (Phi) is 5.19. The first-order chi connectivity index (χ1) is 17.0. The molecule has 5 heterocycles. The highest BCUT2D eigenvalue weighted by Crippen LogP contribution is 2.44. The molecular weight excluding hydrogens is 464 g/mol. The number of nitrogens with two attached hydrogens (primary N) is 1. The zero-order valence-corrected chi connectivity index (χ0v) is 20.5. The molecule has 0 aliphatic carbocycles. The van der Waals surface area contributed by atoms with Crippen LogP contribution in [0, 0.1) is 0 Å². The van der Waals surface area contributed by atoms with Gasteiger partial charge in [0.2, 0.25) is 5.95 Å². The third-order valence-electron chi connectivity index (χ3n) is 7.28. The molecular formula is C25H27ClN8O. The Bertz CT molecular complexity index is 1410. The first kappa shape index (κ1) is 21.9. The second-order valence-corrected chi connectivity index (χ2v) is 9.73. The molecule has 0 saturated carbocycles. The molecule has 0 atom stereocenters. The van der Waals surface area contributed by atoms with E-state index in [2.05, 4.69) is 37.2 Å². The molecule has 2 aliphatic rings. The Morgan fingerprint density at radius 3 is 2.83 bits per heavy atom. The number of anilines is 4. The van der Waals surface area contributed by atoms with Crippen LogP contribution in [0.4, 0.5) is 23.0 Å². The Labute approximate surface area is 208 Å². The monoisotopic (exact) mass is 490 g/mol. The van der Waals surface area contributed by atoms with Gasteiger partial charge in [0.05, 0.1) is 58.3 Å². The maximum absolute atomic E-state index is 6.50. The maximum atomic E-state index is 6.50. The number of benzene rings is 1. The van der Waals surface area contributed by atoms with E-state index in [9.17, 15) is 0 Å². The number of methoxy groups -OCH3 is 1. The van der Waals surface area contributed by atoms with Crippen molar-refractivity contribution in [2.45, 2.75) is 18.4 Å². The summed E-state index contributed by atoms with van der Waals surface area (Å²) in [6.07, 6.45) is 7.71. The van der Waals surface area contributed by atoms with E-state index in [1.807, 2.05) is 36.5 Å². The molecule has 0 unspecified atom stereocenters. The van der Waals surface area contributed by atoms with Crippen LogP contribution in [0.15, 0.2) is 48.9 Å². The summed E-state index contributed by atoms with van der Waals surface area (Å²) in [6.45, 7) is 3.12. The van der Waals surface area contributed by atoms with Gasteiger partial charge >= 0.3 is 0 Å². The molecule has 2 fully saturated rings. The molecule has 3 N–H and O–H groups in total. The molecule has 2 saturated heterocycles. The van der Waals surface area contributed by atoms with E-state index in [4.69, 9.17) is 22.1 Å². The second kappa shape index (κ2) is 8.28. The zero-order valence-electron chi connectivity index (χ0n) is 19.7. The molecule has 10 heteroatoms. The van der Waals surface area contributed by atoms with Crippen molar-refractivity contribution in [2.75, 3.05) is 49.7 Å². The van der Waals surface area contributed by atoms with Gasteiger partial charge in [0.1, 0.15) is 5.75 Å². The van der Waals surface area contributed by atoms with Gasteiger partial charge in [0, 0.05) is 30.9 Å². The third-order valence-corrected chi connectivity index (χ3v) is 7.55. The molecule has 35 heavy (non-hydrogen) atoms. The van der Waals surface area contributed by atoms with Crippen LogP contribution >= 0.6 is 11.6 Å². The van der Waals surface area contributed by atoms with Crippen LogP contribution in [0.5, 0.6) is 5.75 Å². The number of ether oxygens (including phenoxy) is 1. The number of hydrogen-bond acceptors (Lipinski definition) is 8. The average Bonchev–Trinajstić information content (AvgIpc) is 3.43. The molecule has 180 valence electrons. The molecule has 1 spiro atoms. The van der Waals surface area contributed by atoms with Crippen LogP contribution in [-0.2, 0) is 0 Å². The van der Waals surface area contributed by atoms with Crippen LogP contribution in [0.3, 0.4) is 0 Å². The molecule has 0 amide bonds. The van der Waals surface area contributed by atoms with Crippen LogP contribution in [-0.4, -0.2) is 63.8 Å². The third kappa shape index (κ3) is 3.62. The highest BCUT2D eigenvalue weighted by Gasteiger charge is 2.49. The molecule has 0 radical (unpaired) electrons. The van der Waals surface area contributed by atoms with Crippen molar-refractivity contribution in [3.8, 4) is 17.0 Å². The SMILES string of the molecule is COc1cc(N2CC3(CCCN3C)C2)c(N)cc1Nc1ncc(Cl)c(-c2cnn3ccccc23)n1. The standard InChI is InChI=1S/C25H27ClN8O/c1-32-8-5-7-25(32)14-33(15-25)21-11-22(35-2)19(10-18(21)27)30-24-28-13-17(26)23(31-24)16-12-29-34-9-4-3-6-20(16)34/h3-4,6,9-13H,5,7-8,14-15,27H2,1-2H3,(H,28,30,31). The zero-order chi connectivity index (χ0) is 24.2. The van der Waals surface area contributed by atoms with Gasteiger partial charge in [-0.05, 0) is 44.6 Å². The lowest BCUT2D eigenvalue weighted by Gasteiger charge is -2.53. The van der Waals surface area contributed by atoms with Crippen LogP contribution < -0.4 is 20.7 Å². The number of halogens is 1. The number of likely N-dealkylation sites (tertiary alicyclic amines) is 1. The number of hydrogen-bond donors (Lipinski definition) is 2. The Hall–Kier alpha value is -3.56. The smallest absolute Gasteiger partial charge is 0.227 e. The fourth-order valence-electron chi connectivity index (χ4n) is 5.29. The lowest BCUT2D eigenvalue weighted by molar-refractivity contribution is 0.133.